The Balaban J connectivity index is 1.25. The monoisotopic (exact) mass is 677 g/mol. The van der Waals surface area contributed by atoms with E-state index in [1.165, 1.54) is 0 Å². The molecule has 4 aromatic rings. The number of aryl methyl sites for hydroxylation is 1. The van der Waals surface area contributed by atoms with Gasteiger partial charge in [-0.2, -0.15) is 0 Å². The summed E-state index contributed by atoms with van der Waals surface area (Å²) in [6, 6.07) is 26.3. The molecule has 50 heavy (non-hydrogen) atoms. The predicted molar refractivity (Wildman–Crippen MR) is 192 cm³/mol. The fourth-order valence-electron chi connectivity index (χ4n) is 7.67. The number of fused-ring (bicyclic) bond motifs is 6. The van der Waals surface area contributed by atoms with Crippen molar-refractivity contribution in [2.75, 3.05) is 14.2 Å². The summed E-state index contributed by atoms with van der Waals surface area (Å²) in [5.74, 6) is 1.51. The van der Waals surface area contributed by atoms with Gasteiger partial charge in [-0.25, -0.2) is 4.79 Å². The van der Waals surface area contributed by atoms with Crippen LogP contribution in [0.2, 0.25) is 0 Å². The minimum atomic E-state index is -0.887. The van der Waals surface area contributed by atoms with Crippen LogP contribution in [0, 0.1) is 6.92 Å². The van der Waals surface area contributed by atoms with E-state index >= 15 is 0 Å². The van der Waals surface area contributed by atoms with Gasteiger partial charge >= 0.3 is 6.09 Å². The molecule has 0 aliphatic carbocycles. The smallest absolute Gasteiger partial charge is 0.410 e. The van der Waals surface area contributed by atoms with Crippen molar-refractivity contribution in [1.29, 1.82) is 0 Å². The van der Waals surface area contributed by atoms with E-state index in [9.17, 15) is 4.79 Å². The summed E-state index contributed by atoms with van der Waals surface area (Å²) in [5.41, 5.74) is 3.68. The SMILES string of the molecule is COc1c2c(cc3cc(C)cc(OCc4ccccc4)c13)C1([C@H]3C[C@@H](N(C)C(=O)OC(C)(C)C)[C@H](OCc4ccccc4)[C@@H](C)O3)C=CC2O1. The summed E-state index contributed by atoms with van der Waals surface area (Å²) < 4.78 is 38.9. The number of carbonyl (C=O) groups excluding carboxylic acids is 1. The first kappa shape index (κ1) is 34.1. The second-order valence-corrected chi connectivity index (χ2v) is 14.7. The third-order valence-corrected chi connectivity index (χ3v) is 9.94. The number of ether oxygens (including phenoxy) is 6. The van der Waals surface area contributed by atoms with E-state index < -0.39 is 29.5 Å². The molecule has 262 valence electrons. The van der Waals surface area contributed by atoms with Crippen LogP contribution >= 0.6 is 0 Å². The molecule has 1 saturated heterocycles. The highest BCUT2D eigenvalue weighted by Crippen LogP contribution is 2.59. The number of rotatable bonds is 9. The Morgan fingerprint density at radius 3 is 2.32 bits per heavy atom. The van der Waals surface area contributed by atoms with E-state index in [4.69, 9.17) is 28.4 Å². The quantitative estimate of drug-likeness (QED) is 0.164. The zero-order chi connectivity index (χ0) is 35.2. The van der Waals surface area contributed by atoms with Gasteiger partial charge in [0.1, 0.15) is 41.5 Å². The van der Waals surface area contributed by atoms with Gasteiger partial charge < -0.3 is 33.3 Å². The Labute approximate surface area is 294 Å². The molecular weight excluding hydrogens is 630 g/mol. The summed E-state index contributed by atoms with van der Waals surface area (Å²) in [7, 11) is 3.50. The van der Waals surface area contributed by atoms with Crippen LogP contribution in [0.1, 0.15) is 68.0 Å². The number of hydrogen-bond acceptors (Lipinski definition) is 7. The standard InChI is InChI=1S/C42H47NO7/c1-26-20-30-22-31-37(39(45-7)36(30)34(21-26)46-24-28-14-10-8-11-15-28)33-18-19-42(31,49-33)35-23-32(43(6)40(44)50-41(3,4)5)38(27(2)48-35)47-25-29-16-12-9-13-17-29/h8-22,27,32-33,35,38H,23-25H2,1-7H3/t27-,32-,33?,35-,38-,42?/m1/s1. The maximum atomic E-state index is 13.5. The van der Waals surface area contributed by atoms with Crippen LogP contribution in [0.5, 0.6) is 11.5 Å². The number of amides is 1. The molecule has 0 aromatic heterocycles. The summed E-state index contributed by atoms with van der Waals surface area (Å²) in [4.78, 5) is 15.2. The molecule has 2 bridgehead atoms. The molecule has 8 nitrogen and oxygen atoms in total. The first-order valence-electron chi connectivity index (χ1n) is 17.4. The molecule has 1 amide bonds. The first-order chi connectivity index (χ1) is 24.0. The molecule has 0 radical (unpaired) electrons. The Morgan fingerprint density at radius 1 is 0.980 bits per heavy atom. The molecule has 4 aromatic carbocycles. The molecule has 3 aliphatic rings. The molecule has 3 heterocycles. The Hall–Kier alpha value is -4.37. The van der Waals surface area contributed by atoms with E-state index in [2.05, 4.69) is 49.4 Å². The van der Waals surface area contributed by atoms with E-state index in [1.807, 2.05) is 76.2 Å². The minimum absolute atomic E-state index is 0.319. The van der Waals surface area contributed by atoms with Crippen molar-refractivity contribution in [3.05, 3.63) is 119 Å². The van der Waals surface area contributed by atoms with Crippen molar-refractivity contribution in [3.8, 4) is 11.5 Å². The molecule has 8 heteroatoms. The number of likely N-dealkylation sites (N-methyl/N-ethyl adjacent to an activating group) is 1. The summed E-state index contributed by atoms with van der Waals surface area (Å²) >= 11 is 0. The van der Waals surface area contributed by atoms with Crippen LogP contribution in [-0.2, 0) is 37.8 Å². The molecule has 7 rings (SSSR count). The lowest BCUT2D eigenvalue weighted by Crippen LogP contribution is -2.60. The van der Waals surface area contributed by atoms with Crippen molar-refractivity contribution in [2.24, 2.45) is 0 Å². The average Bonchev–Trinajstić information content (AvgIpc) is 3.67. The number of benzene rings is 4. The van der Waals surface area contributed by atoms with Crippen LogP contribution in [0.25, 0.3) is 10.8 Å². The summed E-state index contributed by atoms with van der Waals surface area (Å²) in [6.45, 7) is 10.6. The Kier molecular flexibility index (Phi) is 9.14. The van der Waals surface area contributed by atoms with Crippen molar-refractivity contribution in [1.82, 2.24) is 4.90 Å². The topological polar surface area (TPSA) is 75.7 Å². The number of hydrogen-bond donors (Lipinski definition) is 0. The fraction of sp³-hybridized carbons (Fsp3) is 0.405. The lowest BCUT2D eigenvalue weighted by Gasteiger charge is -2.48. The molecule has 0 N–H and O–H groups in total. The average molecular weight is 678 g/mol. The highest BCUT2D eigenvalue weighted by atomic mass is 16.6. The highest BCUT2D eigenvalue weighted by Gasteiger charge is 2.58. The Morgan fingerprint density at radius 2 is 1.66 bits per heavy atom. The zero-order valence-corrected chi connectivity index (χ0v) is 30.0. The van der Waals surface area contributed by atoms with Gasteiger partial charge in [0, 0.05) is 24.6 Å². The molecule has 1 fully saturated rings. The predicted octanol–water partition coefficient (Wildman–Crippen LogP) is 8.57. The van der Waals surface area contributed by atoms with Gasteiger partial charge in [-0.3, -0.25) is 0 Å². The van der Waals surface area contributed by atoms with Crippen molar-refractivity contribution >= 4 is 16.9 Å². The number of carbonyl (C=O) groups is 1. The van der Waals surface area contributed by atoms with Gasteiger partial charge in [-0.15, -0.1) is 0 Å². The second kappa shape index (κ2) is 13.4. The Bertz CT molecular complexity index is 1890. The van der Waals surface area contributed by atoms with E-state index in [0.29, 0.717) is 19.6 Å². The first-order valence-corrected chi connectivity index (χ1v) is 17.4. The summed E-state index contributed by atoms with van der Waals surface area (Å²) in [6.07, 6.45) is 2.78. The molecule has 6 atom stereocenters. The van der Waals surface area contributed by atoms with E-state index in [0.717, 1.165) is 50.1 Å². The van der Waals surface area contributed by atoms with Crippen molar-refractivity contribution in [2.45, 2.75) is 95.9 Å². The molecule has 0 saturated carbocycles. The molecule has 3 aliphatic heterocycles. The largest absolute Gasteiger partial charge is 0.496 e. The maximum Gasteiger partial charge on any atom is 0.410 e. The second-order valence-electron chi connectivity index (χ2n) is 14.7. The number of methoxy groups -OCH3 is 1. The molecule has 0 spiro atoms. The van der Waals surface area contributed by atoms with Crippen LogP contribution in [0.3, 0.4) is 0 Å². The fourth-order valence-corrected chi connectivity index (χ4v) is 7.67. The molecular formula is C42H47NO7. The van der Waals surface area contributed by atoms with Gasteiger partial charge in [0.2, 0.25) is 0 Å². The minimum Gasteiger partial charge on any atom is -0.496 e. The van der Waals surface area contributed by atoms with E-state index in [1.54, 1.807) is 19.1 Å². The normalized spacial score (nSPS) is 25.4. The lowest BCUT2D eigenvalue weighted by atomic mass is 9.77. The van der Waals surface area contributed by atoms with Crippen molar-refractivity contribution in [3.63, 3.8) is 0 Å². The number of nitrogens with zero attached hydrogens (tertiary/aromatic N) is 1. The zero-order valence-electron chi connectivity index (χ0n) is 30.0. The maximum absolute atomic E-state index is 13.5. The van der Waals surface area contributed by atoms with Gasteiger partial charge in [-0.05, 0) is 74.9 Å². The van der Waals surface area contributed by atoms with Crippen LogP contribution in [0.4, 0.5) is 4.79 Å². The third-order valence-electron chi connectivity index (χ3n) is 9.94. The summed E-state index contributed by atoms with van der Waals surface area (Å²) in [5, 5.41) is 1.92. The van der Waals surface area contributed by atoms with Gasteiger partial charge in [0.25, 0.3) is 0 Å². The lowest BCUT2D eigenvalue weighted by molar-refractivity contribution is -0.213. The van der Waals surface area contributed by atoms with Crippen LogP contribution in [0.15, 0.2) is 91.0 Å². The van der Waals surface area contributed by atoms with Gasteiger partial charge in [-0.1, -0.05) is 72.8 Å². The van der Waals surface area contributed by atoms with Gasteiger partial charge in [0.15, 0.2) is 0 Å². The van der Waals surface area contributed by atoms with E-state index in [-0.39, 0.29) is 18.2 Å². The highest BCUT2D eigenvalue weighted by molar-refractivity contribution is 5.97. The third kappa shape index (κ3) is 6.36. The van der Waals surface area contributed by atoms with Crippen LogP contribution < -0.4 is 9.47 Å². The van der Waals surface area contributed by atoms with Crippen LogP contribution in [-0.4, -0.2) is 55.1 Å². The van der Waals surface area contributed by atoms with Gasteiger partial charge in [0.05, 0.1) is 37.4 Å². The van der Waals surface area contributed by atoms with Crippen molar-refractivity contribution < 1.29 is 33.2 Å². The molecule has 2 unspecified atom stereocenters.